The fraction of sp³-hybridized carbons (Fsp3) is 0. The number of rotatable bonds is 0. The predicted molar refractivity (Wildman–Crippen MR) is 17.9 cm³/mol. The number of hydrogen-bond acceptors (Lipinski definition) is 0. The Morgan fingerprint density at radius 1 is 1.25 bits per heavy atom. The van der Waals surface area contributed by atoms with E-state index in [1.54, 1.807) is 0 Å². The average molecular weight is 200 g/mol. The molecule has 0 rings (SSSR count). The molecule has 0 bridgehead atoms. The van der Waals surface area contributed by atoms with Crippen LogP contribution in [-0.4, -0.2) is 40.4 Å². The third-order valence-corrected chi connectivity index (χ3v) is 0. The molecule has 0 fully saturated rings. The van der Waals surface area contributed by atoms with Crippen LogP contribution in [0.1, 0.15) is 2.85 Å². The van der Waals surface area contributed by atoms with Crippen LogP contribution in [0.3, 0.4) is 0 Å². The molecule has 0 aromatic heterocycles. The second kappa shape index (κ2) is 17.2. The van der Waals surface area contributed by atoms with Gasteiger partial charge in [0.1, 0.15) is 0 Å². The van der Waals surface area contributed by atoms with Crippen molar-refractivity contribution in [2.24, 2.45) is 0 Å². The van der Waals surface area contributed by atoms with E-state index in [0.717, 1.165) is 0 Å². The van der Waals surface area contributed by atoms with Gasteiger partial charge in [-0.3, -0.25) is 0 Å². The minimum absolute atomic E-state index is 0. The summed E-state index contributed by atoms with van der Waals surface area (Å²) in [5.74, 6) is 0. The second-order valence-electron chi connectivity index (χ2n) is 0. The SMILES string of the molecule is [AlH3].[Cr].[H-].[H-].[Mg+2].[Zr]. The molecule has 0 unspecified atom stereocenters. The molecular formula is H5AlCrMgZr. The standard InChI is InChI=1S/Al.Cr.Mg.Zr.5H/q;;+2;;;;;2*-1. The Balaban J connectivity index is 0. The summed E-state index contributed by atoms with van der Waals surface area (Å²) in [4.78, 5) is 0. The van der Waals surface area contributed by atoms with Gasteiger partial charge in [0.25, 0.3) is 0 Å². The quantitative estimate of drug-likeness (QED) is 0.424. The van der Waals surface area contributed by atoms with Gasteiger partial charge in [0.2, 0.25) is 0 Å². The van der Waals surface area contributed by atoms with Crippen LogP contribution < -0.4 is 0 Å². The molecule has 0 radical (unpaired) electrons. The van der Waals surface area contributed by atoms with Crippen LogP contribution in [0.2, 0.25) is 0 Å². The van der Waals surface area contributed by atoms with E-state index in [1.807, 2.05) is 0 Å². The van der Waals surface area contributed by atoms with Crippen molar-refractivity contribution < 1.29 is 46.4 Å². The Morgan fingerprint density at radius 3 is 1.25 bits per heavy atom. The summed E-state index contributed by atoms with van der Waals surface area (Å²) >= 11 is 0. The first-order valence-corrected chi connectivity index (χ1v) is 0. The summed E-state index contributed by atoms with van der Waals surface area (Å²) in [6.45, 7) is 0. The summed E-state index contributed by atoms with van der Waals surface area (Å²) in [5.41, 5.74) is 0. The average Bonchev–Trinajstić information content (AvgIpc) is 0. The molecule has 0 aromatic carbocycles. The Bertz CT molecular complexity index is 13.5. The molecule has 0 N–H and O–H groups in total. The van der Waals surface area contributed by atoms with Crippen LogP contribution in [0.25, 0.3) is 0 Å². The van der Waals surface area contributed by atoms with Gasteiger partial charge in [0.15, 0.2) is 17.4 Å². The molecule has 0 amide bonds. The third kappa shape index (κ3) is 8.83. The molecule has 0 spiro atoms. The Hall–Kier alpha value is 2.71. The maximum Gasteiger partial charge on any atom is 2.00 e. The van der Waals surface area contributed by atoms with Gasteiger partial charge in [-0.1, -0.05) is 0 Å². The van der Waals surface area contributed by atoms with Crippen molar-refractivity contribution in [2.75, 3.05) is 0 Å². The summed E-state index contributed by atoms with van der Waals surface area (Å²) in [7, 11) is 0. The van der Waals surface area contributed by atoms with Gasteiger partial charge in [-0.15, -0.1) is 0 Å². The van der Waals surface area contributed by atoms with Crippen LogP contribution in [0, 0.1) is 0 Å². The zero-order chi connectivity index (χ0) is 0. The first kappa shape index (κ1) is 29.8. The van der Waals surface area contributed by atoms with E-state index in [0.29, 0.717) is 0 Å². The van der Waals surface area contributed by atoms with Crippen molar-refractivity contribution >= 4 is 40.4 Å². The third-order valence-electron chi connectivity index (χ3n) is 0. The molecule has 0 aliphatic heterocycles. The molecule has 0 aliphatic carbocycles. The summed E-state index contributed by atoms with van der Waals surface area (Å²) in [6.07, 6.45) is 0. The molecule has 4 heavy (non-hydrogen) atoms. The van der Waals surface area contributed by atoms with Crippen LogP contribution in [0.4, 0.5) is 0 Å². The molecule has 0 atom stereocenters. The van der Waals surface area contributed by atoms with E-state index in [1.165, 1.54) is 0 Å². The van der Waals surface area contributed by atoms with E-state index < -0.39 is 0 Å². The minimum Gasteiger partial charge on any atom is -1.00 e. The normalized spacial score (nSPS) is 0. The fourth-order valence-electron chi connectivity index (χ4n) is 0. The Labute approximate surface area is 85.6 Å². The minimum atomic E-state index is 0. The van der Waals surface area contributed by atoms with Crippen LogP contribution >= 0.6 is 0 Å². The van der Waals surface area contributed by atoms with Crippen molar-refractivity contribution in [1.82, 2.24) is 0 Å². The van der Waals surface area contributed by atoms with Gasteiger partial charge in [0, 0.05) is 43.6 Å². The van der Waals surface area contributed by atoms with E-state index in [-0.39, 0.29) is 86.8 Å². The van der Waals surface area contributed by atoms with E-state index in [4.69, 9.17) is 0 Å². The van der Waals surface area contributed by atoms with Crippen LogP contribution in [0.15, 0.2) is 0 Å². The number of hydrogen-bond donors (Lipinski definition) is 0. The largest absolute Gasteiger partial charge is 2.00 e. The van der Waals surface area contributed by atoms with Crippen molar-refractivity contribution in [3.05, 3.63) is 0 Å². The molecule has 0 saturated heterocycles. The molecule has 0 aliphatic rings. The van der Waals surface area contributed by atoms with Gasteiger partial charge in [-0.05, 0) is 0 Å². The van der Waals surface area contributed by atoms with E-state index in [9.17, 15) is 0 Å². The molecule has 0 aromatic rings. The summed E-state index contributed by atoms with van der Waals surface area (Å²) in [6, 6.07) is 0. The van der Waals surface area contributed by atoms with Gasteiger partial charge < -0.3 is 2.85 Å². The van der Waals surface area contributed by atoms with Crippen LogP contribution in [0.5, 0.6) is 0 Å². The monoisotopic (exact) mass is 198 g/mol. The Morgan fingerprint density at radius 2 is 1.25 bits per heavy atom. The maximum absolute atomic E-state index is 0. The first-order valence-electron chi connectivity index (χ1n) is 0. The van der Waals surface area contributed by atoms with Gasteiger partial charge in [-0.25, -0.2) is 0 Å². The summed E-state index contributed by atoms with van der Waals surface area (Å²) in [5, 5.41) is 0. The van der Waals surface area contributed by atoms with Crippen molar-refractivity contribution in [1.29, 1.82) is 0 Å². The Kier molecular flexibility index (Phi) is 128. The second-order valence-corrected chi connectivity index (χ2v) is 0. The predicted octanol–water partition coefficient (Wildman–Crippen LogP) is -1.34. The molecule has 0 nitrogen and oxygen atoms in total. The van der Waals surface area contributed by atoms with Gasteiger partial charge in [0.05, 0.1) is 0 Å². The zero-order valence-corrected chi connectivity index (χ0v) is 6.76. The van der Waals surface area contributed by atoms with Crippen molar-refractivity contribution in [3.8, 4) is 0 Å². The first-order chi connectivity index (χ1) is 0. The molecule has 0 saturated carbocycles. The molecule has 20 valence electrons. The van der Waals surface area contributed by atoms with Crippen LogP contribution in [-0.2, 0) is 43.6 Å². The van der Waals surface area contributed by atoms with E-state index >= 15 is 0 Å². The van der Waals surface area contributed by atoms with Crippen molar-refractivity contribution in [3.63, 3.8) is 0 Å². The molecule has 0 heterocycles. The zero-order valence-electron chi connectivity index (χ0n) is 3.62. The molecular weight excluding hydrogens is 195 g/mol. The topological polar surface area (TPSA) is 0 Å². The smallest absolute Gasteiger partial charge is 1.00 e. The van der Waals surface area contributed by atoms with Gasteiger partial charge >= 0.3 is 23.1 Å². The fourth-order valence-corrected chi connectivity index (χ4v) is 0. The van der Waals surface area contributed by atoms with Crippen molar-refractivity contribution in [2.45, 2.75) is 0 Å². The van der Waals surface area contributed by atoms with E-state index in [2.05, 4.69) is 0 Å². The molecule has 4 heteroatoms. The van der Waals surface area contributed by atoms with Gasteiger partial charge in [-0.2, -0.15) is 0 Å². The summed E-state index contributed by atoms with van der Waals surface area (Å²) < 4.78 is 0. The maximum atomic E-state index is 0.